The van der Waals surface area contributed by atoms with Gasteiger partial charge in [0.25, 0.3) is 0 Å². The van der Waals surface area contributed by atoms with Gasteiger partial charge in [0.05, 0.1) is 12.1 Å². The first-order valence-electron chi connectivity index (χ1n) is 10.9. The summed E-state index contributed by atoms with van der Waals surface area (Å²) in [4.78, 5) is 30.2. The first-order valence-corrected chi connectivity index (χ1v) is 11.2. The maximum Gasteiger partial charge on any atom is 0.406 e. The number of halogens is 3. The summed E-state index contributed by atoms with van der Waals surface area (Å²) in [6.45, 7) is 5.68. The van der Waals surface area contributed by atoms with Crippen molar-refractivity contribution in [3.8, 4) is 11.4 Å². The fourth-order valence-corrected chi connectivity index (χ4v) is 4.24. The Morgan fingerprint density at radius 2 is 1.88 bits per heavy atom. The van der Waals surface area contributed by atoms with E-state index in [1.807, 2.05) is 35.8 Å². The molecule has 3 aromatic rings. The molecule has 1 aliphatic heterocycles. The molecule has 3 heterocycles. The van der Waals surface area contributed by atoms with E-state index in [0.717, 1.165) is 37.6 Å². The second kappa shape index (κ2) is 11.6. The molecule has 1 amide bonds. The predicted octanol–water partition coefficient (Wildman–Crippen LogP) is 3.32. The third-order valence-electron chi connectivity index (χ3n) is 5.67. The van der Waals surface area contributed by atoms with E-state index in [1.54, 1.807) is 0 Å². The quantitative estimate of drug-likeness (QED) is 0.520. The zero-order valence-electron chi connectivity index (χ0n) is 19.1. The molecule has 1 aliphatic rings. The molecule has 1 fully saturated rings. The number of alkyl carbamates (subject to hydrolysis) is 1. The van der Waals surface area contributed by atoms with Gasteiger partial charge in [-0.05, 0) is 19.1 Å². The lowest BCUT2D eigenvalue weighted by Gasteiger charge is -2.34. The third-order valence-corrected chi connectivity index (χ3v) is 6.00. The summed E-state index contributed by atoms with van der Waals surface area (Å²) in [5.41, 5.74) is 2.12. The molecule has 34 heavy (non-hydrogen) atoms. The molecule has 0 saturated carbocycles. The molecule has 1 aromatic carbocycles. The van der Waals surface area contributed by atoms with Crippen LogP contribution in [-0.2, 0) is 11.3 Å². The monoisotopic (exact) mass is 511 g/mol. The number of benzene rings is 1. The molecule has 1 saturated heterocycles. The van der Waals surface area contributed by atoms with Gasteiger partial charge < -0.3 is 19.5 Å². The Kier molecular flexibility index (Phi) is 8.87. The van der Waals surface area contributed by atoms with Crippen molar-refractivity contribution in [1.29, 1.82) is 0 Å². The smallest absolute Gasteiger partial charge is 0.406 e. The molecular weight excluding hydrogens is 484 g/mol. The summed E-state index contributed by atoms with van der Waals surface area (Å²) in [7, 11) is 1.33. The van der Waals surface area contributed by atoms with Crippen molar-refractivity contribution in [2.45, 2.75) is 13.5 Å². The Morgan fingerprint density at radius 3 is 2.56 bits per heavy atom. The highest BCUT2D eigenvalue weighted by Crippen LogP contribution is 2.33. The summed E-state index contributed by atoms with van der Waals surface area (Å²) in [6.07, 6.45) is -0.503. The van der Waals surface area contributed by atoms with Gasteiger partial charge in [0, 0.05) is 51.4 Å². The Morgan fingerprint density at radius 1 is 1.15 bits per heavy atom. The van der Waals surface area contributed by atoms with Gasteiger partial charge in [0.2, 0.25) is 0 Å². The number of methoxy groups -OCH3 is 1. The highest BCUT2D eigenvalue weighted by atomic mass is 35.5. The summed E-state index contributed by atoms with van der Waals surface area (Å²) in [5, 5.41) is 3.28. The number of amides is 1. The molecule has 184 valence electrons. The number of piperazine rings is 1. The number of nitrogens with one attached hydrogen (secondary N) is 1. The molecule has 12 heteroatoms. The standard InChI is InChI=1S/C22H27ClFN7O2.ClH/c1-15-26-20(30-13-11-29(9-7-24)12-14-30)18-21(27-15)31(10-8-25-22(32)33-2)19(28-18)16-5-3-4-6-17(16)23;/h3-6H,7-14H2,1-2H3,(H,25,32);1H. The number of carbonyl (C=O) groups excluding carboxylic acids is 1. The van der Waals surface area contributed by atoms with Crippen molar-refractivity contribution in [3.05, 3.63) is 35.1 Å². The summed E-state index contributed by atoms with van der Waals surface area (Å²) >= 11 is 6.51. The van der Waals surface area contributed by atoms with E-state index >= 15 is 0 Å². The number of hydrogen-bond donors (Lipinski definition) is 1. The number of ether oxygens (including phenoxy) is 1. The maximum atomic E-state index is 12.7. The number of carbonyl (C=O) groups is 1. The summed E-state index contributed by atoms with van der Waals surface area (Å²) < 4.78 is 19.4. The number of fused-ring (bicyclic) bond motifs is 1. The van der Waals surface area contributed by atoms with Gasteiger partial charge in [-0.2, -0.15) is 0 Å². The van der Waals surface area contributed by atoms with Gasteiger partial charge in [0.1, 0.15) is 18.3 Å². The highest BCUT2D eigenvalue weighted by Gasteiger charge is 2.25. The van der Waals surface area contributed by atoms with Gasteiger partial charge in [-0.25, -0.2) is 24.1 Å². The number of aryl methyl sites for hydroxylation is 1. The molecule has 0 radical (unpaired) electrons. The van der Waals surface area contributed by atoms with E-state index in [2.05, 4.69) is 24.8 Å². The van der Waals surface area contributed by atoms with Crippen LogP contribution in [-0.4, -0.2) is 83.6 Å². The topological polar surface area (TPSA) is 88.4 Å². The van der Waals surface area contributed by atoms with E-state index in [4.69, 9.17) is 21.6 Å². The highest BCUT2D eigenvalue weighted by molar-refractivity contribution is 6.33. The number of alkyl halides is 1. The zero-order valence-corrected chi connectivity index (χ0v) is 20.7. The normalized spacial score (nSPS) is 14.2. The van der Waals surface area contributed by atoms with Crippen LogP contribution in [0.4, 0.5) is 15.0 Å². The van der Waals surface area contributed by atoms with Crippen LogP contribution in [0.25, 0.3) is 22.6 Å². The van der Waals surface area contributed by atoms with Crippen molar-refractivity contribution in [2.75, 3.05) is 58.0 Å². The zero-order chi connectivity index (χ0) is 23.4. The van der Waals surface area contributed by atoms with Gasteiger partial charge in [-0.1, -0.05) is 23.7 Å². The third kappa shape index (κ3) is 5.51. The minimum absolute atomic E-state index is 0. The van der Waals surface area contributed by atoms with E-state index in [1.165, 1.54) is 7.11 Å². The Labute approximate surface area is 208 Å². The second-order valence-corrected chi connectivity index (χ2v) is 8.18. The van der Waals surface area contributed by atoms with Crippen molar-refractivity contribution in [2.24, 2.45) is 0 Å². The number of rotatable bonds is 7. The number of nitrogens with zero attached hydrogens (tertiary/aromatic N) is 6. The Balaban J connectivity index is 0.00000324. The molecule has 4 rings (SSSR count). The first kappa shape index (κ1) is 25.9. The number of hydrogen-bond acceptors (Lipinski definition) is 7. The lowest BCUT2D eigenvalue weighted by Crippen LogP contribution is -2.47. The molecular formula is C22H28Cl2FN7O2. The molecule has 0 aliphatic carbocycles. The SMILES string of the molecule is COC(=O)NCCn1c(-c2ccccc2Cl)nc2c(N3CCN(CCF)CC3)nc(C)nc21.Cl. The van der Waals surface area contributed by atoms with Crippen LogP contribution in [0.1, 0.15) is 5.82 Å². The van der Waals surface area contributed by atoms with Crippen LogP contribution in [0.5, 0.6) is 0 Å². The van der Waals surface area contributed by atoms with Crippen molar-refractivity contribution in [1.82, 2.24) is 29.7 Å². The lowest BCUT2D eigenvalue weighted by molar-refractivity contribution is 0.170. The Hall–Kier alpha value is -2.69. The van der Waals surface area contributed by atoms with Gasteiger partial charge >= 0.3 is 6.09 Å². The lowest BCUT2D eigenvalue weighted by atomic mass is 10.2. The number of aromatic nitrogens is 4. The van der Waals surface area contributed by atoms with E-state index in [-0.39, 0.29) is 19.1 Å². The second-order valence-electron chi connectivity index (χ2n) is 7.77. The molecule has 1 N–H and O–H groups in total. The maximum absolute atomic E-state index is 12.7. The predicted molar refractivity (Wildman–Crippen MR) is 133 cm³/mol. The number of anilines is 1. The molecule has 0 unspecified atom stereocenters. The van der Waals surface area contributed by atoms with Crippen molar-refractivity contribution < 1.29 is 13.9 Å². The molecule has 0 atom stereocenters. The van der Waals surface area contributed by atoms with Gasteiger partial charge in [0.15, 0.2) is 17.0 Å². The van der Waals surface area contributed by atoms with Crippen LogP contribution < -0.4 is 10.2 Å². The van der Waals surface area contributed by atoms with Crippen LogP contribution in [0, 0.1) is 6.92 Å². The molecule has 0 bridgehead atoms. The van der Waals surface area contributed by atoms with Crippen molar-refractivity contribution >= 4 is 47.1 Å². The minimum atomic E-state index is -0.503. The van der Waals surface area contributed by atoms with Crippen LogP contribution in [0.2, 0.25) is 5.02 Å². The summed E-state index contributed by atoms with van der Waals surface area (Å²) in [5.74, 6) is 2.03. The molecule has 2 aromatic heterocycles. The van der Waals surface area contributed by atoms with E-state index < -0.39 is 6.09 Å². The average molecular weight is 512 g/mol. The van der Waals surface area contributed by atoms with E-state index in [9.17, 15) is 9.18 Å². The minimum Gasteiger partial charge on any atom is -0.453 e. The number of imidazole rings is 1. The summed E-state index contributed by atoms with van der Waals surface area (Å²) in [6, 6.07) is 7.49. The van der Waals surface area contributed by atoms with Gasteiger partial charge in [-0.3, -0.25) is 4.90 Å². The van der Waals surface area contributed by atoms with E-state index in [0.29, 0.717) is 47.5 Å². The van der Waals surface area contributed by atoms with Crippen LogP contribution in [0.15, 0.2) is 24.3 Å². The largest absolute Gasteiger partial charge is 0.453 e. The Bertz CT molecular complexity index is 1140. The first-order chi connectivity index (χ1) is 16.0. The average Bonchev–Trinajstić information content (AvgIpc) is 3.17. The molecule has 9 nitrogen and oxygen atoms in total. The molecule has 0 spiro atoms. The van der Waals surface area contributed by atoms with Crippen LogP contribution in [0.3, 0.4) is 0 Å². The van der Waals surface area contributed by atoms with Crippen LogP contribution >= 0.6 is 24.0 Å². The van der Waals surface area contributed by atoms with Crippen molar-refractivity contribution in [3.63, 3.8) is 0 Å². The fourth-order valence-electron chi connectivity index (χ4n) is 4.02. The fraction of sp³-hybridized carbons (Fsp3) is 0.455. The van der Waals surface area contributed by atoms with Gasteiger partial charge in [-0.15, -0.1) is 12.4 Å².